The molecule has 0 heteroatoms. The molecule has 0 aromatic heterocycles. The Labute approximate surface area is 180 Å². The molecule has 5 atom stereocenters. The SMILES string of the molecule is CCCCCCC(CC)C(CC(C)C(C)CCCC)C1CCCCC(C)(C)C1. The van der Waals surface area contributed by atoms with Gasteiger partial charge in [0.15, 0.2) is 0 Å². The highest BCUT2D eigenvalue weighted by molar-refractivity contribution is 4.86. The van der Waals surface area contributed by atoms with Gasteiger partial charge in [0, 0.05) is 0 Å². The van der Waals surface area contributed by atoms with Crippen LogP contribution in [0.15, 0.2) is 0 Å². The second-order valence-corrected chi connectivity index (χ2v) is 11.4. The summed E-state index contributed by atoms with van der Waals surface area (Å²) in [7, 11) is 0. The van der Waals surface area contributed by atoms with Gasteiger partial charge in [0.25, 0.3) is 0 Å². The summed E-state index contributed by atoms with van der Waals surface area (Å²) in [5, 5.41) is 0. The molecular formula is C28H56. The van der Waals surface area contributed by atoms with Gasteiger partial charge in [-0.05, 0) is 54.3 Å². The van der Waals surface area contributed by atoms with Crippen LogP contribution in [0, 0.1) is 35.0 Å². The zero-order valence-corrected chi connectivity index (χ0v) is 21.0. The van der Waals surface area contributed by atoms with Gasteiger partial charge in [-0.15, -0.1) is 0 Å². The molecule has 28 heavy (non-hydrogen) atoms. The maximum Gasteiger partial charge on any atom is -0.0351 e. The Bertz CT molecular complexity index is 368. The van der Waals surface area contributed by atoms with Crippen LogP contribution in [0.2, 0.25) is 0 Å². The first kappa shape index (κ1) is 26.0. The predicted molar refractivity (Wildman–Crippen MR) is 129 cm³/mol. The average molecular weight is 393 g/mol. The van der Waals surface area contributed by atoms with Crippen molar-refractivity contribution in [1.29, 1.82) is 0 Å². The molecule has 0 aliphatic heterocycles. The molecule has 0 nitrogen and oxygen atoms in total. The molecule has 0 aromatic rings. The average Bonchev–Trinajstić information content (AvgIpc) is 2.84. The lowest BCUT2D eigenvalue weighted by Crippen LogP contribution is -2.29. The highest BCUT2D eigenvalue weighted by atomic mass is 14.4. The van der Waals surface area contributed by atoms with Gasteiger partial charge in [-0.25, -0.2) is 0 Å². The molecule has 5 unspecified atom stereocenters. The van der Waals surface area contributed by atoms with Crippen LogP contribution in [0.4, 0.5) is 0 Å². The second kappa shape index (κ2) is 14.1. The van der Waals surface area contributed by atoms with Gasteiger partial charge in [0.1, 0.15) is 0 Å². The summed E-state index contributed by atoms with van der Waals surface area (Å²) in [5.41, 5.74) is 0.566. The van der Waals surface area contributed by atoms with Gasteiger partial charge >= 0.3 is 0 Å². The van der Waals surface area contributed by atoms with Gasteiger partial charge in [-0.1, -0.05) is 126 Å². The Kier molecular flexibility index (Phi) is 13.1. The molecule has 0 saturated heterocycles. The van der Waals surface area contributed by atoms with E-state index in [1.54, 1.807) is 0 Å². The van der Waals surface area contributed by atoms with Crippen molar-refractivity contribution >= 4 is 0 Å². The van der Waals surface area contributed by atoms with Crippen LogP contribution in [0.5, 0.6) is 0 Å². The predicted octanol–water partition coefficient (Wildman–Crippen LogP) is 10.1. The largest absolute Gasteiger partial charge is 0.0654 e. The number of rotatable bonds is 14. The van der Waals surface area contributed by atoms with Crippen LogP contribution in [-0.4, -0.2) is 0 Å². The van der Waals surface area contributed by atoms with E-state index in [1.807, 2.05) is 0 Å². The minimum atomic E-state index is 0.566. The second-order valence-electron chi connectivity index (χ2n) is 11.4. The van der Waals surface area contributed by atoms with E-state index >= 15 is 0 Å². The molecule has 1 saturated carbocycles. The van der Waals surface area contributed by atoms with Gasteiger partial charge in [0.2, 0.25) is 0 Å². The topological polar surface area (TPSA) is 0 Å². The lowest BCUT2D eigenvalue weighted by molar-refractivity contribution is 0.112. The van der Waals surface area contributed by atoms with Gasteiger partial charge in [-0.3, -0.25) is 0 Å². The van der Waals surface area contributed by atoms with E-state index in [9.17, 15) is 0 Å². The van der Waals surface area contributed by atoms with Crippen molar-refractivity contribution in [2.24, 2.45) is 35.0 Å². The summed E-state index contributed by atoms with van der Waals surface area (Å²) in [6.07, 6.45) is 21.7. The van der Waals surface area contributed by atoms with E-state index in [1.165, 1.54) is 96.3 Å². The first-order valence-corrected chi connectivity index (χ1v) is 13.3. The molecule has 0 aromatic carbocycles. The van der Waals surface area contributed by atoms with Crippen molar-refractivity contribution in [1.82, 2.24) is 0 Å². The summed E-state index contributed by atoms with van der Waals surface area (Å²) in [5.74, 6) is 4.72. The summed E-state index contributed by atoms with van der Waals surface area (Å²) < 4.78 is 0. The summed E-state index contributed by atoms with van der Waals surface area (Å²) in [6, 6.07) is 0. The molecule has 0 bridgehead atoms. The normalized spacial score (nSPS) is 24.3. The molecule has 0 amide bonds. The van der Waals surface area contributed by atoms with E-state index < -0.39 is 0 Å². The van der Waals surface area contributed by atoms with Crippen LogP contribution >= 0.6 is 0 Å². The van der Waals surface area contributed by atoms with Crippen LogP contribution in [0.1, 0.15) is 145 Å². The highest BCUT2D eigenvalue weighted by Crippen LogP contribution is 2.46. The van der Waals surface area contributed by atoms with E-state index in [4.69, 9.17) is 0 Å². The van der Waals surface area contributed by atoms with Crippen molar-refractivity contribution in [3.63, 3.8) is 0 Å². The Hall–Kier alpha value is 0. The maximum absolute atomic E-state index is 2.58. The molecule has 1 aliphatic carbocycles. The molecule has 0 radical (unpaired) electrons. The van der Waals surface area contributed by atoms with Crippen molar-refractivity contribution in [3.05, 3.63) is 0 Å². The number of unbranched alkanes of at least 4 members (excludes halogenated alkanes) is 4. The Morgan fingerprint density at radius 3 is 2.18 bits per heavy atom. The fraction of sp³-hybridized carbons (Fsp3) is 1.00. The summed E-state index contributed by atoms with van der Waals surface area (Å²) in [6.45, 7) is 17.4. The van der Waals surface area contributed by atoms with Crippen LogP contribution in [-0.2, 0) is 0 Å². The molecule has 1 rings (SSSR count). The van der Waals surface area contributed by atoms with Crippen LogP contribution in [0.3, 0.4) is 0 Å². The standard InChI is InChI=1S/C28H56/c1-8-11-13-14-18-25(10-3)27(21-24(5)23(4)17-12-9-2)26-19-15-16-20-28(6,7)22-26/h23-27H,8-22H2,1-7H3. The summed E-state index contributed by atoms with van der Waals surface area (Å²) >= 11 is 0. The quantitative estimate of drug-likeness (QED) is 0.204. The molecule has 0 N–H and O–H groups in total. The Morgan fingerprint density at radius 1 is 0.821 bits per heavy atom. The van der Waals surface area contributed by atoms with Crippen molar-refractivity contribution in [2.45, 2.75) is 145 Å². The molecule has 1 fully saturated rings. The lowest BCUT2D eigenvalue weighted by atomic mass is 9.66. The third kappa shape index (κ3) is 9.67. The zero-order valence-electron chi connectivity index (χ0n) is 21.0. The monoisotopic (exact) mass is 392 g/mol. The minimum absolute atomic E-state index is 0.566. The van der Waals surface area contributed by atoms with E-state index in [0.717, 1.165) is 29.6 Å². The van der Waals surface area contributed by atoms with Gasteiger partial charge in [0.05, 0.1) is 0 Å². The molecule has 1 aliphatic rings. The van der Waals surface area contributed by atoms with E-state index in [0.29, 0.717) is 5.41 Å². The van der Waals surface area contributed by atoms with Crippen LogP contribution in [0.25, 0.3) is 0 Å². The van der Waals surface area contributed by atoms with Gasteiger partial charge < -0.3 is 0 Å². The molecule has 168 valence electrons. The summed E-state index contributed by atoms with van der Waals surface area (Å²) in [4.78, 5) is 0. The van der Waals surface area contributed by atoms with Gasteiger partial charge in [-0.2, -0.15) is 0 Å². The Balaban J connectivity index is 2.87. The zero-order chi connectivity index (χ0) is 21.0. The van der Waals surface area contributed by atoms with Crippen LogP contribution < -0.4 is 0 Å². The smallest absolute Gasteiger partial charge is 0.0351 e. The maximum atomic E-state index is 2.58. The first-order valence-electron chi connectivity index (χ1n) is 13.3. The van der Waals surface area contributed by atoms with Crippen molar-refractivity contribution in [3.8, 4) is 0 Å². The van der Waals surface area contributed by atoms with Crippen molar-refractivity contribution in [2.75, 3.05) is 0 Å². The fourth-order valence-electron chi connectivity index (χ4n) is 6.09. The van der Waals surface area contributed by atoms with Crippen molar-refractivity contribution < 1.29 is 0 Å². The van der Waals surface area contributed by atoms with E-state index in [-0.39, 0.29) is 0 Å². The molecule has 0 heterocycles. The third-order valence-electron chi connectivity index (χ3n) is 8.29. The minimum Gasteiger partial charge on any atom is -0.0654 e. The van der Waals surface area contributed by atoms with E-state index in [2.05, 4.69) is 48.5 Å². The number of hydrogen-bond donors (Lipinski definition) is 0. The number of hydrogen-bond acceptors (Lipinski definition) is 0. The Morgan fingerprint density at radius 2 is 1.54 bits per heavy atom. The molecular weight excluding hydrogens is 336 g/mol. The highest BCUT2D eigenvalue weighted by Gasteiger charge is 2.35. The fourth-order valence-corrected chi connectivity index (χ4v) is 6.09. The third-order valence-corrected chi connectivity index (χ3v) is 8.29. The lowest BCUT2D eigenvalue weighted by Gasteiger charge is -2.39. The first-order chi connectivity index (χ1) is 13.3. The molecule has 0 spiro atoms.